The van der Waals surface area contributed by atoms with Crippen LogP contribution in [0.1, 0.15) is 18.4 Å². The molecule has 0 radical (unpaired) electrons. The number of carbonyl (C=O) groups is 1. The molecule has 1 saturated carbocycles. The number of rotatable bonds is 2. The molecule has 1 aliphatic rings. The predicted molar refractivity (Wildman–Crippen MR) is 57.5 cm³/mol. The molecule has 0 spiro atoms. The highest BCUT2D eigenvalue weighted by Crippen LogP contribution is 2.31. The fourth-order valence-electron chi connectivity index (χ4n) is 1.27. The van der Waals surface area contributed by atoms with Gasteiger partial charge in [0, 0.05) is 5.92 Å². The zero-order valence-corrected chi connectivity index (χ0v) is 8.71. The SMILES string of the molecule is N#Cc1ccc(NC(=O)C2CC2)c(Cl)c1. The van der Waals surface area contributed by atoms with Gasteiger partial charge < -0.3 is 5.32 Å². The Morgan fingerprint density at radius 1 is 1.53 bits per heavy atom. The largest absolute Gasteiger partial charge is 0.325 e. The third-order valence-corrected chi connectivity index (χ3v) is 2.62. The molecule has 1 N–H and O–H groups in total. The van der Waals surface area contributed by atoms with Gasteiger partial charge in [-0.3, -0.25) is 4.79 Å². The Balaban J connectivity index is 2.14. The number of hydrogen-bond donors (Lipinski definition) is 1. The number of benzene rings is 1. The molecular formula is C11H9ClN2O. The third-order valence-electron chi connectivity index (χ3n) is 2.30. The van der Waals surface area contributed by atoms with Gasteiger partial charge in [0.2, 0.25) is 5.91 Å². The predicted octanol–water partition coefficient (Wildman–Crippen LogP) is 2.56. The number of hydrogen-bond acceptors (Lipinski definition) is 2. The van der Waals surface area contributed by atoms with E-state index in [1.165, 1.54) is 0 Å². The maximum absolute atomic E-state index is 11.4. The molecule has 76 valence electrons. The Morgan fingerprint density at radius 3 is 2.80 bits per heavy atom. The van der Waals surface area contributed by atoms with Crippen LogP contribution in [-0.4, -0.2) is 5.91 Å². The van der Waals surface area contributed by atoms with Gasteiger partial charge in [0.1, 0.15) is 0 Å². The number of nitriles is 1. The minimum atomic E-state index is 0.0154. The molecule has 0 aromatic heterocycles. The Hall–Kier alpha value is -1.53. The van der Waals surface area contributed by atoms with E-state index in [4.69, 9.17) is 16.9 Å². The first-order valence-electron chi connectivity index (χ1n) is 4.71. The zero-order valence-electron chi connectivity index (χ0n) is 7.96. The van der Waals surface area contributed by atoms with Crippen LogP contribution in [0.4, 0.5) is 5.69 Å². The summed E-state index contributed by atoms with van der Waals surface area (Å²) in [6.45, 7) is 0. The van der Waals surface area contributed by atoms with Gasteiger partial charge in [0.25, 0.3) is 0 Å². The van der Waals surface area contributed by atoms with E-state index in [1.807, 2.05) is 6.07 Å². The monoisotopic (exact) mass is 220 g/mol. The Bertz CT molecular complexity index is 446. The van der Waals surface area contributed by atoms with E-state index in [1.54, 1.807) is 18.2 Å². The lowest BCUT2D eigenvalue weighted by molar-refractivity contribution is -0.117. The molecule has 0 atom stereocenters. The lowest BCUT2D eigenvalue weighted by Gasteiger charge is -2.06. The van der Waals surface area contributed by atoms with E-state index in [2.05, 4.69) is 5.32 Å². The van der Waals surface area contributed by atoms with Gasteiger partial charge in [-0.25, -0.2) is 0 Å². The van der Waals surface area contributed by atoms with Gasteiger partial charge in [-0.15, -0.1) is 0 Å². The van der Waals surface area contributed by atoms with Crippen LogP contribution in [0.15, 0.2) is 18.2 Å². The molecule has 1 amide bonds. The molecule has 4 heteroatoms. The molecule has 3 nitrogen and oxygen atoms in total. The summed E-state index contributed by atoms with van der Waals surface area (Å²) in [5, 5.41) is 11.8. The van der Waals surface area contributed by atoms with Gasteiger partial charge >= 0.3 is 0 Å². The number of carbonyl (C=O) groups excluding carboxylic acids is 1. The van der Waals surface area contributed by atoms with Gasteiger partial charge in [-0.2, -0.15) is 5.26 Å². The molecule has 0 saturated heterocycles. The lowest BCUT2D eigenvalue weighted by Crippen LogP contribution is -2.13. The van der Waals surface area contributed by atoms with Crippen molar-refractivity contribution in [3.8, 4) is 6.07 Å². The standard InChI is InChI=1S/C11H9ClN2O/c12-9-5-7(6-13)1-4-10(9)14-11(15)8-2-3-8/h1,4-5,8H,2-3H2,(H,14,15). The zero-order chi connectivity index (χ0) is 10.8. The third kappa shape index (κ3) is 2.28. The minimum absolute atomic E-state index is 0.0154. The van der Waals surface area contributed by atoms with Crippen LogP contribution in [0, 0.1) is 17.2 Å². The summed E-state index contributed by atoms with van der Waals surface area (Å²) >= 11 is 5.91. The molecule has 15 heavy (non-hydrogen) atoms. The quantitative estimate of drug-likeness (QED) is 0.833. The van der Waals surface area contributed by atoms with Crippen molar-refractivity contribution in [1.82, 2.24) is 0 Å². The summed E-state index contributed by atoms with van der Waals surface area (Å²) in [7, 11) is 0. The van der Waals surface area contributed by atoms with Crippen LogP contribution in [-0.2, 0) is 4.79 Å². The smallest absolute Gasteiger partial charge is 0.227 e. The highest BCUT2D eigenvalue weighted by Gasteiger charge is 2.29. The van der Waals surface area contributed by atoms with Crippen molar-refractivity contribution in [2.45, 2.75) is 12.8 Å². The van der Waals surface area contributed by atoms with Gasteiger partial charge in [-0.05, 0) is 31.0 Å². The lowest BCUT2D eigenvalue weighted by atomic mass is 10.2. The molecule has 1 aliphatic carbocycles. The second kappa shape index (κ2) is 3.92. The summed E-state index contributed by atoms with van der Waals surface area (Å²) < 4.78 is 0. The summed E-state index contributed by atoms with van der Waals surface area (Å²) in [5.74, 6) is 0.165. The molecular weight excluding hydrogens is 212 g/mol. The Morgan fingerprint density at radius 2 is 2.27 bits per heavy atom. The van der Waals surface area contributed by atoms with Crippen LogP contribution >= 0.6 is 11.6 Å². The van der Waals surface area contributed by atoms with E-state index in [0.29, 0.717) is 16.3 Å². The minimum Gasteiger partial charge on any atom is -0.325 e. The first-order valence-corrected chi connectivity index (χ1v) is 5.09. The van der Waals surface area contributed by atoms with Crippen molar-refractivity contribution in [2.24, 2.45) is 5.92 Å². The summed E-state index contributed by atoms with van der Waals surface area (Å²) in [4.78, 5) is 11.4. The molecule has 2 rings (SSSR count). The molecule has 0 heterocycles. The van der Waals surface area contributed by atoms with Crippen LogP contribution in [0.25, 0.3) is 0 Å². The average molecular weight is 221 g/mol. The van der Waals surface area contributed by atoms with Crippen molar-refractivity contribution >= 4 is 23.2 Å². The highest BCUT2D eigenvalue weighted by molar-refractivity contribution is 6.33. The van der Waals surface area contributed by atoms with Gasteiger partial charge in [0.15, 0.2) is 0 Å². The van der Waals surface area contributed by atoms with Gasteiger partial charge in [0.05, 0.1) is 22.3 Å². The highest BCUT2D eigenvalue weighted by atomic mass is 35.5. The fraction of sp³-hybridized carbons (Fsp3) is 0.273. The van der Waals surface area contributed by atoms with E-state index in [0.717, 1.165) is 12.8 Å². The van der Waals surface area contributed by atoms with E-state index in [9.17, 15) is 4.79 Å². The Kier molecular flexibility index (Phi) is 2.61. The fourth-order valence-corrected chi connectivity index (χ4v) is 1.49. The summed E-state index contributed by atoms with van der Waals surface area (Å²) in [6.07, 6.45) is 1.92. The van der Waals surface area contributed by atoms with Crippen molar-refractivity contribution in [2.75, 3.05) is 5.32 Å². The van der Waals surface area contributed by atoms with Crippen LogP contribution in [0.3, 0.4) is 0 Å². The maximum atomic E-state index is 11.4. The normalized spacial score (nSPS) is 14.4. The summed E-state index contributed by atoms with van der Waals surface area (Å²) in [5.41, 5.74) is 1.07. The maximum Gasteiger partial charge on any atom is 0.227 e. The molecule has 1 aromatic rings. The van der Waals surface area contributed by atoms with E-state index in [-0.39, 0.29) is 11.8 Å². The molecule has 0 unspecified atom stereocenters. The molecule has 0 aliphatic heterocycles. The number of halogens is 1. The Labute approximate surface area is 92.7 Å². The van der Waals surface area contributed by atoms with Crippen molar-refractivity contribution in [3.63, 3.8) is 0 Å². The molecule has 1 aromatic carbocycles. The number of nitrogens with one attached hydrogen (secondary N) is 1. The van der Waals surface area contributed by atoms with Crippen LogP contribution in [0.5, 0.6) is 0 Å². The second-order valence-electron chi connectivity index (χ2n) is 3.57. The van der Waals surface area contributed by atoms with E-state index >= 15 is 0 Å². The van der Waals surface area contributed by atoms with Crippen LogP contribution < -0.4 is 5.32 Å². The summed E-state index contributed by atoms with van der Waals surface area (Å²) in [6, 6.07) is 6.82. The topological polar surface area (TPSA) is 52.9 Å². The molecule has 1 fully saturated rings. The average Bonchev–Trinajstić information content (AvgIpc) is 3.04. The van der Waals surface area contributed by atoms with E-state index < -0.39 is 0 Å². The van der Waals surface area contributed by atoms with Crippen molar-refractivity contribution in [1.29, 1.82) is 5.26 Å². The molecule has 0 bridgehead atoms. The number of anilines is 1. The van der Waals surface area contributed by atoms with Crippen LogP contribution in [0.2, 0.25) is 5.02 Å². The second-order valence-corrected chi connectivity index (χ2v) is 3.98. The van der Waals surface area contributed by atoms with Crippen molar-refractivity contribution < 1.29 is 4.79 Å². The number of amides is 1. The first kappa shape index (κ1) is 10.0. The number of nitrogens with zero attached hydrogens (tertiary/aromatic N) is 1. The van der Waals surface area contributed by atoms with Crippen molar-refractivity contribution in [3.05, 3.63) is 28.8 Å². The first-order chi connectivity index (χ1) is 7.20. The van der Waals surface area contributed by atoms with Gasteiger partial charge in [-0.1, -0.05) is 11.6 Å².